The van der Waals surface area contributed by atoms with Crippen LogP contribution in [0.4, 0.5) is 0 Å². The molecular weight excluding hydrogens is 334 g/mol. The van der Waals surface area contributed by atoms with Gasteiger partial charge in [0.05, 0.1) is 26.4 Å². The minimum absolute atomic E-state index is 0.0477. The molecule has 0 aromatic rings. The Bertz CT molecular complexity index is 391. The van der Waals surface area contributed by atoms with E-state index in [0.717, 1.165) is 32.5 Å². The van der Waals surface area contributed by atoms with Crippen molar-refractivity contribution in [2.45, 2.75) is 46.6 Å². The van der Waals surface area contributed by atoms with Crippen LogP contribution in [0.5, 0.6) is 0 Å². The highest BCUT2D eigenvalue weighted by Crippen LogP contribution is 2.02. The van der Waals surface area contributed by atoms with Gasteiger partial charge in [0.1, 0.15) is 0 Å². The fraction of sp³-hybridized carbons (Fsp3) is 0.895. The van der Waals surface area contributed by atoms with Gasteiger partial charge >= 0.3 is 0 Å². The number of rotatable bonds is 15. The smallest absolute Gasteiger partial charge is 0.219 e. The van der Waals surface area contributed by atoms with Crippen LogP contribution in [0.1, 0.15) is 40.5 Å². The number of ether oxygens (including phenoxy) is 2. The van der Waals surface area contributed by atoms with E-state index in [-0.39, 0.29) is 11.8 Å². The lowest BCUT2D eigenvalue weighted by atomic mass is 10.2. The third-order valence-corrected chi connectivity index (χ3v) is 4.46. The molecule has 0 rings (SSSR count). The van der Waals surface area contributed by atoms with Gasteiger partial charge in [-0.3, -0.25) is 14.5 Å². The number of unbranched alkanes of at least 4 members (excludes halogenated alkanes) is 1. The molecular formula is C19H39N3O4. The normalized spacial score (nSPS) is 11.2. The Labute approximate surface area is 159 Å². The van der Waals surface area contributed by atoms with E-state index in [9.17, 15) is 9.59 Å². The fourth-order valence-electron chi connectivity index (χ4n) is 2.31. The average Bonchev–Trinajstić information content (AvgIpc) is 2.57. The van der Waals surface area contributed by atoms with Crippen molar-refractivity contribution < 1.29 is 19.1 Å². The van der Waals surface area contributed by atoms with Gasteiger partial charge in [0.2, 0.25) is 11.8 Å². The van der Waals surface area contributed by atoms with Crippen molar-refractivity contribution in [2.75, 3.05) is 66.7 Å². The number of likely N-dealkylation sites (N-methyl/N-ethyl adjacent to an activating group) is 1. The van der Waals surface area contributed by atoms with E-state index in [1.807, 2.05) is 7.05 Å². The number of hydrogen-bond acceptors (Lipinski definition) is 5. The highest BCUT2D eigenvalue weighted by molar-refractivity contribution is 5.73. The van der Waals surface area contributed by atoms with Gasteiger partial charge in [-0.25, -0.2) is 0 Å². The van der Waals surface area contributed by atoms with Crippen LogP contribution in [0.15, 0.2) is 0 Å². The fourth-order valence-corrected chi connectivity index (χ4v) is 2.31. The summed E-state index contributed by atoms with van der Waals surface area (Å²) in [7, 11) is 3.61. The summed E-state index contributed by atoms with van der Waals surface area (Å²) >= 11 is 0. The highest BCUT2D eigenvalue weighted by atomic mass is 16.5. The van der Waals surface area contributed by atoms with Gasteiger partial charge in [-0.2, -0.15) is 0 Å². The van der Waals surface area contributed by atoms with Crippen LogP contribution in [-0.2, 0) is 19.1 Å². The molecule has 0 unspecified atom stereocenters. The second kappa shape index (κ2) is 14.9. The summed E-state index contributed by atoms with van der Waals surface area (Å²) in [5.41, 5.74) is 0. The monoisotopic (exact) mass is 373 g/mol. The van der Waals surface area contributed by atoms with Crippen molar-refractivity contribution in [1.29, 1.82) is 0 Å². The molecule has 0 saturated carbocycles. The summed E-state index contributed by atoms with van der Waals surface area (Å²) in [5, 5.41) is 0. The Hall–Kier alpha value is -1.18. The largest absolute Gasteiger partial charge is 0.378 e. The van der Waals surface area contributed by atoms with Gasteiger partial charge in [-0.15, -0.1) is 0 Å². The number of carbonyl (C=O) groups excluding carboxylic acids is 2. The van der Waals surface area contributed by atoms with Gasteiger partial charge in [0, 0.05) is 53.6 Å². The Kier molecular flexibility index (Phi) is 14.3. The zero-order valence-electron chi connectivity index (χ0n) is 17.6. The third kappa shape index (κ3) is 13.1. The Morgan fingerprint density at radius 1 is 0.731 bits per heavy atom. The summed E-state index contributed by atoms with van der Waals surface area (Å²) in [6.45, 7) is 13.2. The molecule has 0 saturated heterocycles. The van der Waals surface area contributed by atoms with Gasteiger partial charge < -0.3 is 19.3 Å². The molecule has 0 fully saturated rings. The molecule has 154 valence electrons. The van der Waals surface area contributed by atoms with Crippen molar-refractivity contribution in [3.8, 4) is 0 Å². The molecule has 0 aliphatic heterocycles. The summed E-state index contributed by atoms with van der Waals surface area (Å²) in [6.07, 6.45) is 2.09. The molecule has 0 atom stereocenters. The lowest BCUT2D eigenvalue weighted by Crippen LogP contribution is -2.35. The maximum atomic E-state index is 11.2. The SMILES string of the molecule is CC(=O)N(C)CCCCN(CCOCCOCCN(C)C(C)=O)C(C)C. The molecule has 7 nitrogen and oxygen atoms in total. The van der Waals surface area contributed by atoms with E-state index in [2.05, 4.69) is 18.7 Å². The Morgan fingerprint density at radius 2 is 1.19 bits per heavy atom. The first-order valence-electron chi connectivity index (χ1n) is 9.58. The third-order valence-electron chi connectivity index (χ3n) is 4.46. The molecule has 0 spiro atoms. The molecule has 2 amide bonds. The minimum atomic E-state index is 0.0477. The van der Waals surface area contributed by atoms with E-state index in [4.69, 9.17) is 9.47 Å². The van der Waals surface area contributed by atoms with Gasteiger partial charge in [0.25, 0.3) is 0 Å². The number of carbonyl (C=O) groups is 2. The quantitative estimate of drug-likeness (QED) is 0.407. The first kappa shape index (κ1) is 24.8. The van der Waals surface area contributed by atoms with E-state index in [1.165, 1.54) is 0 Å². The number of hydrogen-bond donors (Lipinski definition) is 0. The molecule has 0 aromatic heterocycles. The lowest BCUT2D eigenvalue weighted by molar-refractivity contribution is -0.128. The zero-order valence-corrected chi connectivity index (χ0v) is 17.6. The Morgan fingerprint density at radius 3 is 1.69 bits per heavy atom. The molecule has 26 heavy (non-hydrogen) atoms. The van der Waals surface area contributed by atoms with Crippen LogP contribution in [0.3, 0.4) is 0 Å². The van der Waals surface area contributed by atoms with E-state index in [0.29, 0.717) is 39.0 Å². The van der Waals surface area contributed by atoms with Gasteiger partial charge in [-0.1, -0.05) is 0 Å². The van der Waals surface area contributed by atoms with E-state index >= 15 is 0 Å². The van der Waals surface area contributed by atoms with Crippen LogP contribution < -0.4 is 0 Å². The van der Waals surface area contributed by atoms with Crippen molar-refractivity contribution in [1.82, 2.24) is 14.7 Å². The molecule has 0 aliphatic carbocycles. The summed E-state index contributed by atoms with van der Waals surface area (Å²) in [4.78, 5) is 28.0. The van der Waals surface area contributed by atoms with Crippen LogP contribution in [-0.4, -0.2) is 99.3 Å². The second-order valence-electron chi connectivity index (χ2n) is 6.94. The second-order valence-corrected chi connectivity index (χ2v) is 6.94. The maximum Gasteiger partial charge on any atom is 0.219 e. The van der Waals surface area contributed by atoms with E-state index in [1.54, 1.807) is 30.7 Å². The van der Waals surface area contributed by atoms with Crippen molar-refractivity contribution >= 4 is 11.8 Å². The predicted molar refractivity (Wildman–Crippen MR) is 104 cm³/mol. The van der Waals surface area contributed by atoms with Crippen molar-refractivity contribution in [2.24, 2.45) is 0 Å². The average molecular weight is 374 g/mol. The van der Waals surface area contributed by atoms with Crippen molar-refractivity contribution in [3.05, 3.63) is 0 Å². The van der Waals surface area contributed by atoms with E-state index < -0.39 is 0 Å². The summed E-state index contributed by atoms with van der Waals surface area (Å²) in [5.74, 6) is 0.167. The summed E-state index contributed by atoms with van der Waals surface area (Å²) in [6, 6.07) is 0.475. The van der Waals surface area contributed by atoms with Gasteiger partial charge in [0.15, 0.2) is 0 Å². The Balaban J connectivity index is 3.69. The first-order chi connectivity index (χ1) is 12.3. The molecule has 7 heteroatoms. The number of amides is 2. The highest BCUT2D eigenvalue weighted by Gasteiger charge is 2.09. The van der Waals surface area contributed by atoms with Gasteiger partial charge in [-0.05, 0) is 33.2 Å². The molecule has 0 N–H and O–H groups in total. The maximum absolute atomic E-state index is 11.2. The van der Waals surface area contributed by atoms with Crippen molar-refractivity contribution in [3.63, 3.8) is 0 Å². The zero-order chi connectivity index (χ0) is 19.9. The van der Waals surface area contributed by atoms with Crippen LogP contribution in [0.25, 0.3) is 0 Å². The number of nitrogens with zero attached hydrogens (tertiary/aromatic N) is 3. The topological polar surface area (TPSA) is 62.3 Å². The molecule has 0 bridgehead atoms. The van der Waals surface area contributed by atoms with Crippen LogP contribution >= 0.6 is 0 Å². The van der Waals surface area contributed by atoms with Crippen LogP contribution in [0, 0.1) is 0 Å². The minimum Gasteiger partial charge on any atom is -0.378 e. The molecule has 0 aromatic carbocycles. The standard InChI is InChI=1S/C19H39N3O4/c1-17(2)22(10-8-7-9-20(5)18(3)23)12-14-26-16-15-25-13-11-21(6)19(4)24/h17H,7-16H2,1-6H3. The summed E-state index contributed by atoms with van der Waals surface area (Å²) < 4.78 is 11.1. The lowest BCUT2D eigenvalue weighted by Gasteiger charge is -2.26. The molecule has 0 radical (unpaired) electrons. The first-order valence-corrected chi connectivity index (χ1v) is 9.58. The van der Waals surface area contributed by atoms with Crippen LogP contribution in [0.2, 0.25) is 0 Å². The molecule has 0 heterocycles. The molecule has 0 aliphatic rings. The predicted octanol–water partition coefficient (Wildman–Crippen LogP) is 1.47.